The first-order chi connectivity index (χ1) is 11.8. The summed E-state index contributed by atoms with van der Waals surface area (Å²) in [6.45, 7) is 0.243. The van der Waals surface area contributed by atoms with Crippen molar-refractivity contribution in [2.45, 2.75) is 23.8 Å². The minimum Gasteiger partial charge on any atom is -0.378 e. The van der Waals surface area contributed by atoms with Crippen molar-refractivity contribution in [3.8, 4) is 0 Å². The molecule has 3 rings (SSSR count). The van der Waals surface area contributed by atoms with Gasteiger partial charge in [0, 0.05) is 26.3 Å². The zero-order valence-corrected chi connectivity index (χ0v) is 14.9. The fourth-order valence-electron chi connectivity index (χ4n) is 3.22. The largest absolute Gasteiger partial charge is 0.378 e. The lowest BCUT2D eigenvalue weighted by atomic mass is 10.0. The van der Waals surface area contributed by atoms with E-state index in [9.17, 15) is 17.2 Å². The molecule has 0 spiro atoms. The molecule has 0 saturated carbocycles. The average molecular weight is 366 g/mol. The number of rotatable bonds is 4. The Bertz CT molecular complexity index is 864. The first kappa shape index (κ1) is 17.8. The van der Waals surface area contributed by atoms with E-state index in [-0.39, 0.29) is 6.54 Å². The Morgan fingerprint density at radius 2 is 1.72 bits per heavy atom. The minimum atomic E-state index is -4.26. The molecule has 2 aromatic rings. The van der Waals surface area contributed by atoms with Gasteiger partial charge < -0.3 is 4.90 Å². The summed E-state index contributed by atoms with van der Waals surface area (Å²) in [5, 5.41) is 0. The van der Waals surface area contributed by atoms with Gasteiger partial charge in [0.2, 0.25) is 10.0 Å². The van der Waals surface area contributed by atoms with Crippen LogP contribution in [0.3, 0.4) is 0 Å². The Kier molecular flexibility index (Phi) is 4.79. The van der Waals surface area contributed by atoms with Crippen LogP contribution in [-0.2, 0) is 10.0 Å². The van der Waals surface area contributed by atoms with E-state index >= 15 is 0 Å². The maximum atomic E-state index is 14.0. The smallest absolute Gasteiger partial charge is 0.249 e. The van der Waals surface area contributed by atoms with Crippen LogP contribution < -0.4 is 4.90 Å². The molecule has 1 aliphatic rings. The van der Waals surface area contributed by atoms with Gasteiger partial charge in [-0.05, 0) is 42.7 Å². The average Bonchev–Trinajstić information content (AvgIpc) is 3.05. The summed E-state index contributed by atoms with van der Waals surface area (Å²) in [4.78, 5) is 1.05. The fourth-order valence-corrected chi connectivity index (χ4v) is 5.01. The van der Waals surface area contributed by atoms with Crippen LogP contribution in [0.5, 0.6) is 0 Å². The monoisotopic (exact) mass is 366 g/mol. The summed E-state index contributed by atoms with van der Waals surface area (Å²) >= 11 is 0. The molecule has 0 N–H and O–H groups in total. The molecule has 4 nitrogen and oxygen atoms in total. The van der Waals surface area contributed by atoms with Gasteiger partial charge >= 0.3 is 0 Å². The Morgan fingerprint density at radius 1 is 1.08 bits per heavy atom. The maximum absolute atomic E-state index is 14.0. The molecule has 2 aromatic carbocycles. The second-order valence-corrected chi connectivity index (χ2v) is 8.14. The molecule has 0 aromatic heterocycles. The summed E-state index contributed by atoms with van der Waals surface area (Å²) < 4.78 is 55.1. The molecule has 1 saturated heterocycles. The van der Waals surface area contributed by atoms with E-state index in [1.165, 1.54) is 4.31 Å². The first-order valence-electron chi connectivity index (χ1n) is 8.05. The Morgan fingerprint density at radius 3 is 2.36 bits per heavy atom. The highest BCUT2D eigenvalue weighted by Crippen LogP contribution is 2.38. The topological polar surface area (TPSA) is 40.6 Å². The van der Waals surface area contributed by atoms with E-state index in [2.05, 4.69) is 0 Å². The van der Waals surface area contributed by atoms with E-state index in [0.29, 0.717) is 12.8 Å². The molecule has 1 atom stereocenters. The Hall–Kier alpha value is -1.99. The van der Waals surface area contributed by atoms with Crippen LogP contribution in [0, 0.1) is 11.6 Å². The third-order valence-electron chi connectivity index (χ3n) is 4.46. The van der Waals surface area contributed by atoms with Crippen molar-refractivity contribution in [2.75, 3.05) is 25.5 Å². The van der Waals surface area contributed by atoms with Crippen molar-refractivity contribution in [1.29, 1.82) is 0 Å². The van der Waals surface area contributed by atoms with Crippen molar-refractivity contribution in [1.82, 2.24) is 4.31 Å². The van der Waals surface area contributed by atoms with E-state index in [0.717, 1.165) is 29.4 Å². The van der Waals surface area contributed by atoms with Gasteiger partial charge in [-0.25, -0.2) is 17.2 Å². The molecule has 0 aliphatic carbocycles. The maximum Gasteiger partial charge on any atom is 0.249 e. The molecule has 1 unspecified atom stereocenters. The quantitative estimate of drug-likeness (QED) is 0.831. The summed E-state index contributed by atoms with van der Waals surface area (Å²) in [7, 11) is -0.461. The third-order valence-corrected chi connectivity index (χ3v) is 6.42. The van der Waals surface area contributed by atoms with E-state index in [1.54, 1.807) is 0 Å². The van der Waals surface area contributed by atoms with Gasteiger partial charge in [-0.3, -0.25) is 0 Å². The molecule has 134 valence electrons. The molecule has 1 heterocycles. The predicted molar refractivity (Wildman–Crippen MR) is 93.0 cm³/mol. The zero-order chi connectivity index (χ0) is 18.2. The van der Waals surface area contributed by atoms with Crippen molar-refractivity contribution < 1.29 is 17.2 Å². The molecule has 0 amide bonds. The Balaban J connectivity index is 2.03. The van der Waals surface area contributed by atoms with Crippen LogP contribution in [0.25, 0.3) is 0 Å². The van der Waals surface area contributed by atoms with Gasteiger partial charge in [0.25, 0.3) is 0 Å². The molecule has 1 fully saturated rings. The van der Waals surface area contributed by atoms with E-state index in [1.807, 2.05) is 43.3 Å². The van der Waals surface area contributed by atoms with Crippen LogP contribution in [0.15, 0.2) is 47.4 Å². The van der Waals surface area contributed by atoms with E-state index in [4.69, 9.17) is 0 Å². The fraction of sp³-hybridized carbons (Fsp3) is 0.333. The van der Waals surface area contributed by atoms with Gasteiger partial charge in [0.15, 0.2) is 4.90 Å². The number of halogens is 2. The molecule has 0 bridgehead atoms. The number of benzene rings is 2. The van der Waals surface area contributed by atoms with Crippen molar-refractivity contribution >= 4 is 15.7 Å². The highest BCUT2D eigenvalue weighted by molar-refractivity contribution is 7.89. The SMILES string of the molecule is CN(C)c1cccc(C2CCCN2S(=O)(=O)c2c(F)cccc2F)c1. The van der Waals surface area contributed by atoms with Gasteiger partial charge in [-0.15, -0.1) is 0 Å². The second kappa shape index (κ2) is 6.72. The lowest BCUT2D eigenvalue weighted by Gasteiger charge is -2.25. The van der Waals surface area contributed by atoms with Crippen LogP contribution >= 0.6 is 0 Å². The van der Waals surface area contributed by atoms with Gasteiger partial charge in [-0.2, -0.15) is 4.31 Å². The normalized spacial score (nSPS) is 18.5. The van der Waals surface area contributed by atoms with Crippen LogP contribution in [0.2, 0.25) is 0 Å². The molecular formula is C18H20F2N2O2S. The highest BCUT2D eigenvalue weighted by atomic mass is 32.2. The van der Waals surface area contributed by atoms with E-state index < -0.39 is 32.6 Å². The number of hydrogen-bond donors (Lipinski definition) is 0. The number of nitrogens with zero attached hydrogens (tertiary/aromatic N) is 2. The first-order valence-corrected chi connectivity index (χ1v) is 9.49. The summed E-state index contributed by atoms with van der Waals surface area (Å²) in [5.41, 5.74) is 1.77. The summed E-state index contributed by atoms with van der Waals surface area (Å²) in [5.74, 6) is -2.12. The standard InChI is InChI=1S/C18H20F2N2O2S/c1-21(2)14-7-3-6-13(12-14)17-10-5-11-22(17)25(23,24)18-15(19)8-4-9-16(18)20/h3-4,6-9,12,17H,5,10-11H2,1-2H3. The van der Waals surface area contributed by atoms with Gasteiger partial charge in [0.1, 0.15) is 11.6 Å². The summed E-state index contributed by atoms with van der Waals surface area (Å²) in [6.07, 6.45) is 1.26. The number of hydrogen-bond acceptors (Lipinski definition) is 3. The van der Waals surface area contributed by atoms with Gasteiger partial charge in [0.05, 0.1) is 6.04 Å². The lowest BCUT2D eigenvalue weighted by Crippen LogP contribution is -2.32. The Labute approximate surface area is 146 Å². The molecule has 0 radical (unpaired) electrons. The predicted octanol–water partition coefficient (Wildman–Crippen LogP) is 3.56. The van der Waals surface area contributed by atoms with Crippen molar-refractivity contribution in [2.24, 2.45) is 0 Å². The van der Waals surface area contributed by atoms with Crippen LogP contribution in [0.4, 0.5) is 14.5 Å². The number of sulfonamides is 1. The second-order valence-electron chi connectivity index (χ2n) is 6.31. The molecule has 25 heavy (non-hydrogen) atoms. The molecule has 7 heteroatoms. The molecule has 1 aliphatic heterocycles. The zero-order valence-electron chi connectivity index (χ0n) is 14.1. The number of anilines is 1. The van der Waals surface area contributed by atoms with Gasteiger partial charge in [-0.1, -0.05) is 18.2 Å². The molecular weight excluding hydrogens is 346 g/mol. The minimum absolute atomic E-state index is 0.243. The van der Waals surface area contributed by atoms with Crippen LogP contribution in [-0.4, -0.2) is 33.4 Å². The highest BCUT2D eigenvalue weighted by Gasteiger charge is 2.39. The van der Waals surface area contributed by atoms with Crippen molar-refractivity contribution in [3.05, 3.63) is 59.7 Å². The summed E-state index contributed by atoms with van der Waals surface area (Å²) in [6, 6.07) is 10.2. The lowest BCUT2D eigenvalue weighted by molar-refractivity contribution is 0.389. The van der Waals surface area contributed by atoms with Crippen molar-refractivity contribution in [3.63, 3.8) is 0 Å². The van der Waals surface area contributed by atoms with Crippen LogP contribution in [0.1, 0.15) is 24.4 Å². The third kappa shape index (κ3) is 3.26.